The van der Waals surface area contributed by atoms with Crippen LogP contribution in [0.4, 0.5) is 0 Å². The molecule has 1 aliphatic carbocycles. The van der Waals surface area contributed by atoms with Crippen LogP contribution in [0.2, 0.25) is 0 Å². The zero-order valence-electron chi connectivity index (χ0n) is 15.2. The van der Waals surface area contributed by atoms with Crippen molar-refractivity contribution >= 4 is 17.2 Å². The Bertz CT molecular complexity index is 798. The molecule has 26 heavy (non-hydrogen) atoms. The number of rotatable bonds is 5. The molecule has 0 spiro atoms. The van der Waals surface area contributed by atoms with Crippen molar-refractivity contribution in [2.75, 3.05) is 19.8 Å². The molecule has 5 nitrogen and oxygen atoms in total. The highest BCUT2D eigenvalue weighted by molar-refractivity contribution is 7.13. The zero-order valence-corrected chi connectivity index (χ0v) is 16.1. The quantitative estimate of drug-likeness (QED) is 0.788. The first-order valence-electron chi connectivity index (χ1n) is 9.28. The summed E-state index contributed by atoms with van der Waals surface area (Å²) in [6, 6.07) is 6.00. The van der Waals surface area contributed by atoms with Gasteiger partial charge in [0.1, 0.15) is 23.9 Å². The summed E-state index contributed by atoms with van der Waals surface area (Å²) in [4.78, 5) is 19.5. The lowest BCUT2D eigenvalue weighted by Gasteiger charge is -2.34. The summed E-state index contributed by atoms with van der Waals surface area (Å²) in [7, 11) is 0. The Kier molecular flexibility index (Phi) is 4.85. The van der Waals surface area contributed by atoms with Crippen molar-refractivity contribution in [1.82, 2.24) is 9.88 Å². The van der Waals surface area contributed by atoms with E-state index in [1.165, 1.54) is 30.6 Å². The number of thiazole rings is 1. The van der Waals surface area contributed by atoms with Gasteiger partial charge in [-0.15, -0.1) is 11.3 Å². The number of hydrogen-bond donors (Lipinski definition) is 0. The lowest BCUT2D eigenvalue weighted by atomic mass is 9.85. The monoisotopic (exact) mass is 372 g/mol. The van der Waals surface area contributed by atoms with E-state index in [1.54, 1.807) is 0 Å². The number of hydrogen-bond acceptors (Lipinski definition) is 5. The average molecular weight is 372 g/mol. The van der Waals surface area contributed by atoms with Gasteiger partial charge in [-0.1, -0.05) is 6.42 Å². The van der Waals surface area contributed by atoms with Crippen LogP contribution >= 0.6 is 11.3 Å². The lowest BCUT2D eigenvalue weighted by Crippen LogP contribution is -2.42. The first kappa shape index (κ1) is 17.3. The van der Waals surface area contributed by atoms with Gasteiger partial charge in [0, 0.05) is 23.5 Å². The highest BCUT2D eigenvalue weighted by Gasteiger charge is 2.27. The molecule has 0 unspecified atom stereocenters. The van der Waals surface area contributed by atoms with Crippen LogP contribution in [0.15, 0.2) is 23.6 Å². The Morgan fingerprint density at radius 1 is 1.27 bits per heavy atom. The molecule has 2 aromatic rings. The van der Waals surface area contributed by atoms with Crippen molar-refractivity contribution in [3.05, 3.63) is 29.3 Å². The van der Waals surface area contributed by atoms with Gasteiger partial charge in [-0.3, -0.25) is 4.79 Å². The summed E-state index contributed by atoms with van der Waals surface area (Å²) in [5.74, 6) is 2.19. The SMILES string of the molecule is CC(C)N(CC1CCC1)C(=O)c1csc(-c2ccc3c(c2)OCCO3)n1. The number of fused-ring (bicyclic) bond motifs is 1. The predicted octanol–water partition coefficient (Wildman–Crippen LogP) is 4.23. The van der Waals surface area contributed by atoms with Crippen LogP contribution in [0, 0.1) is 5.92 Å². The van der Waals surface area contributed by atoms with Crippen molar-refractivity contribution in [2.24, 2.45) is 5.92 Å². The number of nitrogens with zero attached hydrogens (tertiary/aromatic N) is 2. The van der Waals surface area contributed by atoms with E-state index < -0.39 is 0 Å². The van der Waals surface area contributed by atoms with Crippen molar-refractivity contribution in [3.63, 3.8) is 0 Å². The fourth-order valence-electron chi connectivity index (χ4n) is 3.31. The van der Waals surface area contributed by atoms with Crippen LogP contribution in [0.1, 0.15) is 43.6 Å². The van der Waals surface area contributed by atoms with E-state index in [4.69, 9.17) is 9.47 Å². The predicted molar refractivity (Wildman–Crippen MR) is 102 cm³/mol. The molecule has 0 saturated heterocycles. The molecule has 6 heteroatoms. The number of carbonyl (C=O) groups is 1. The largest absolute Gasteiger partial charge is 0.486 e. The van der Waals surface area contributed by atoms with E-state index >= 15 is 0 Å². The second kappa shape index (κ2) is 7.27. The van der Waals surface area contributed by atoms with Gasteiger partial charge in [-0.2, -0.15) is 0 Å². The van der Waals surface area contributed by atoms with Crippen LogP contribution < -0.4 is 9.47 Å². The zero-order chi connectivity index (χ0) is 18.1. The maximum absolute atomic E-state index is 13.0. The first-order valence-corrected chi connectivity index (χ1v) is 10.2. The summed E-state index contributed by atoms with van der Waals surface area (Å²) in [6.45, 7) is 6.12. The van der Waals surface area contributed by atoms with Crippen LogP contribution in [0.5, 0.6) is 11.5 Å². The summed E-state index contributed by atoms with van der Waals surface area (Å²) in [6.07, 6.45) is 3.75. The van der Waals surface area contributed by atoms with Gasteiger partial charge in [0.25, 0.3) is 5.91 Å². The molecule has 0 radical (unpaired) electrons. The molecule has 0 atom stereocenters. The smallest absolute Gasteiger partial charge is 0.273 e. The molecule has 4 rings (SSSR count). The van der Waals surface area contributed by atoms with Gasteiger partial charge in [-0.25, -0.2) is 4.98 Å². The normalized spacial score (nSPS) is 16.4. The minimum Gasteiger partial charge on any atom is -0.486 e. The fourth-order valence-corrected chi connectivity index (χ4v) is 4.10. The molecular weight excluding hydrogens is 348 g/mol. The van der Waals surface area contributed by atoms with Crippen molar-refractivity contribution < 1.29 is 14.3 Å². The summed E-state index contributed by atoms with van der Waals surface area (Å²) in [5.41, 5.74) is 1.49. The molecule has 0 N–H and O–H groups in total. The van der Waals surface area contributed by atoms with E-state index in [0.717, 1.165) is 28.6 Å². The molecular formula is C20H24N2O3S. The molecule has 1 amide bonds. The lowest BCUT2D eigenvalue weighted by molar-refractivity contribution is 0.0627. The number of carbonyl (C=O) groups excluding carboxylic acids is 1. The van der Waals surface area contributed by atoms with E-state index in [1.807, 2.05) is 28.5 Å². The number of aromatic nitrogens is 1. The molecule has 138 valence electrons. The van der Waals surface area contributed by atoms with E-state index in [9.17, 15) is 4.79 Å². The summed E-state index contributed by atoms with van der Waals surface area (Å²) < 4.78 is 11.2. The molecule has 0 bridgehead atoms. The van der Waals surface area contributed by atoms with Gasteiger partial charge in [0.15, 0.2) is 11.5 Å². The van der Waals surface area contributed by atoms with E-state index in [2.05, 4.69) is 18.8 Å². The Balaban J connectivity index is 1.54. The summed E-state index contributed by atoms with van der Waals surface area (Å²) in [5, 5.41) is 2.70. The third-order valence-corrected chi connectivity index (χ3v) is 5.97. The van der Waals surface area contributed by atoms with Crippen LogP contribution in [0.25, 0.3) is 10.6 Å². The molecule has 1 aliphatic heterocycles. The number of amides is 1. The van der Waals surface area contributed by atoms with Gasteiger partial charge in [-0.05, 0) is 50.8 Å². The molecule has 2 aliphatic rings. The van der Waals surface area contributed by atoms with E-state index in [-0.39, 0.29) is 11.9 Å². The van der Waals surface area contributed by atoms with Gasteiger partial charge in [0.05, 0.1) is 0 Å². The third-order valence-electron chi connectivity index (χ3n) is 5.08. The topological polar surface area (TPSA) is 51.7 Å². The van der Waals surface area contributed by atoms with Crippen LogP contribution in [-0.4, -0.2) is 41.6 Å². The molecule has 1 saturated carbocycles. The Labute approximate surface area is 157 Å². The van der Waals surface area contributed by atoms with Gasteiger partial charge in [0.2, 0.25) is 0 Å². The maximum Gasteiger partial charge on any atom is 0.273 e. The van der Waals surface area contributed by atoms with Crippen molar-refractivity contribution in [1.29, 1.82) is 0 Å². The van der Waals surface area contributed by atoms with Crippen LogP contribution in [0.3, 0.4) is 0 Å². The van der Waals surface area contributed by atoms with Gasteiger partial charge < -0.3 is 14.4 Å². The maximum atomic E-state index is 13.0. The average Bonchev–Trinajstić information content (AvgIpc) is 3.09. The second-order valence-electron chi connectivity index (χ2n) is 7.24. The van der Waals surface area contributed by atoms with E-state index in [0.29, 0.717) is 24.8 Å². The molecule has 1 aromatic heterocycles. The number of benzene rings is 1. The van der Waals surface area contributed by atoms with Gasteiger partial charge >= 0.3 is 0 Å². The second-order valence-corrected chi connectivity index (χ2v) is 8.10. The summed E-state index contributed by atoms with van der Waals surface area (Å²) >= 11 is 1.49. The fraction of sp³-hybridized carbons (Fsp3) is 0.500. The van der Waals surface area contributed by atoms with Crippen molar-refractivity contribution in [3.8, 4) is 22.1 Å². The Morgan fingerprint density at radius 3 is 2.73 bits per heavy atom. The van der Waals surface area contributed by atoms with Crippen molar-refractivity contribution in [2.45, 2.75) is 39.2 Å². The Hall–Kier alpha value is -2.08. The standard InChI is InChI=1S/C20H24N2O3S/c1-13(2)22(11-14-4-3-5-14)20(23)16-12-26-19(21-16)15-6-7-17-18(10-15)25-9-8-24-17/h6-7,10,12-14H,3-5,8-9,11H2,1-2H3. The highest BCUT2D eigenvalue weighted by atomic mass is 32.1. The third kappa shape index (κ3) is 3.43. The minimum absolute atomic E-state index is 0.0342. The highest BCUT2D eigenvalue weighted by Crippen LogP contribution is 2.35. The molecule has 1 fully saturated rings. The first-order chi connectivity index (χ1) is 12.6. The molecule has 1 aromatic carbocycles. The molecule has 2 heterocycles. The van der Waals surface area contributed by atoms with Crippen LogP contribution in [-0.2, 0) is 0 Å². The number of ether oxygens (including phenoxy) is 2. The minimum atomic E-state index is 0.0342. The Morgan fingerprint density at radius 2 is 2.04 bits per heavy atom.